The van der Waals surface area contributed by atoms with Crippen molar-refractivity contribution in [2.45, 2.75) is 53.5 Å². The van der Waals surface area contributed by atoms with Crippen LogP contribution in [0.1, 0.15) is 38.8 Å². The molecular weight excluding hydrogens is 451 g/mol. The first-order valence-electron chi connectivity index (χ1n) is 11.6. The topological polar surface area (TPSA) is 12.5 Å². The molecule has 2 aromatic carbocycles. The number of allylic oxidation sites excluding steroid dienone is 1. The predicted octanol–water partition coefficient (Wildman–Crippen LogP) is 6.67. The molecule has 0 saturated carbocycles. The molecule has 0 spiro atoms. The van der Waals surface area contributed by atoms with E-state index >= 15 is 0 Å². The van der Waals surface area contributed by atoms with Crippen molar-refractivity contribution in [1.29, 1.82) is 0 Å². The summed E-state index contributed by atoms with van der Waals surface area (Å²) in [6.07, 6.45) is -0.124. The van der Waals surface area contributed by atoms with Crippen molar-refractivity contribution in [1.82, 2.24) is 4.90 Å². The zero-order valence-corrected chi connectivity index (χ0v) is 22.1. The van der Waals surface area contributed by atoms with Gasteiger partial charge in [-0.25, -0.2) is 0 Å². The van der Waals surface area contributed by atoms with E-state index in [9.17, 15) is 13.2 Å². The molecule has 0 heterocycles. The molecule has 0 aromatic heterocycles. The van der Waals surface area contributed by atoms with E-state index in [-0.39, 0.29) is 11.6 Å². The molecule has 0 atom stereocenters. The third kappa shape index (κ3) is 9.04. The fourth-order valence-electron chi connectivity index (χ4n) is 3.48. The second-order valence-corrected chi connectivity index (χ2v) is 14.7. The van der Waals surface area contributed by atoms with Gasteiger partial charge in [0, 0.05) is 18.5 Å². The highest BCUT2D eigenvalue weighted by atomic mass is 28.3. The van der Waals surface area contributed by atoms with E-state index in [4.69, 9.17) is 4.74 Å². The lowest BCUT2D eigenvalue weighted by Crippen LogP contribution is -2.50. The Balaban J connectivity index is 2.04. The van der Waals surface area contributed by atoms with Gasteiger partial charge in [0.2, 0.25) is 0 Å². The summed E-state index contributed by atoms with van der Waals surface area (Å²) in [7, 11) is -2.49. The summed E-state index contributed by atoms with van der Waals surface area (Å²) in [5, 5.41) is 0.372. The highest BCUT2D eigenvalue weighted by molar-refractivity contribution is 6.90. The van der Waals surface area contributed by atoms with Crippen molar-refractivity contribution >= 4 is 13.3 Å². The van der Waals surface area contributed by atoms with E-state index in [0.29, 0.717) is 10.9 Å². The molecule has 0 fully saturated rings. The van der Waals surface area contributed by atoms with Gasteiger partial charge >= 0.3 is 6.18 Å². The number of hydrogen-bond donors (Lipinski definition) is 0. The molecule has 184 valence electrons. The van der Waals surface area contributed by atoms with Crippen LogP contribution in [-0.2, 0) is 12.7 Å². The quantitative estimate of drug-likeness (QED) is 0.289. The van der Waals surface area contributed by atoms with Crippen LogP contribution in [0.15, 0.2) is 60.7 Å². The molecule has 2 nitrogen and oxygen atoms in total. The van der Waals surface area contributed by atoms with Gasteiger partial charge in [-0.3, -0.25) is 4.90 Å². The van der Waals surface area contributed by atoms with Gasteiger partial charge in [0.05, 0.1) is 11.8 Å². The maximum absolute atomic E-state index is 13.5. The second kappa shape index (κ2) is 11.8. The molecule has 0 aliphatic rings. The molecule has 2 aromatic rings. The summed E-state index contributed by atoms with van der Waals surface area (Å²) < 4.78 is 46.5. The fourth-order valence-corrected chi connectivity index (χ4v) is 5.66. The molecule has 0 aliphatic carbocycles. The van der Waals surface area contributed by atoms with Gasteiger partial charge in [-0.1, -0.05) is 74.3 Å². The molecular formula is C28H36F3NOSi. The van der Waals surface area contributed by atoms with E-state index in [1.54, 1.807) is 12.1 Å². The first kappa shape index (κ1) is 27.7. The fraction of sp³-hybridized carbons (Fsp3) is 0.429. The van der Waals surface area contributed by atoms with E-state index in [0.717, 1.165) is 31.3 Å². The minimum atomic E-state index is -4.36. The monoisotopic (exact) mass is 487 g/mol. The van der Waals surface area contributed by atoms with Crippen molar-refractivity contribution in [3.63, 3.8) is 0 Å². The lowest BCUT2D eigenvalue weighted by atomic mass is 9.98. The number of alkyl halides is 3. The maximum atomic E-state index is 13.5. The number of rotatable bonds is 9. The minimum absolute atomic E-state index is 0.0124. The predicted molar refractivity (Wildman–Crippen MR) is 138 cm³/mol. The Morgan fingerprint density at radius 2 is 1.74 bits per heavy atom. The molecule has 34 heavy (non-hydrogen) atoms. The van der Waals surface area contributed by atoms with E-state index in [2.05, 4.69) is 50.5 Å². The third-order valence-electron chi connectivity index (χ3n) is 5.33. The van der Waals surface area contributed by atoms with Crippen molar-refractivity contribution in [3.05, 3.63) is 71.8 Å². The summed E-state index contributed by atoms with van der Waals surface area (Å²) in [6.45, 7) is 14.6. The lowest BCUT2D eigenvalue weighted by molar-refractivity contribution is -0.136. The first-order chi connectivity index (χ1) is 15.8. The van der Waals surface area contributed by atoms with Gasteiger partial charge < -0.3 is 4.74 Å². The molecule has 0 bridgehead atoms. The van der Waals surface area contributed by atoms with Crippen molar-refractivity contribution in [2.24, 2.45) is 5.41 Å². The summed E-state index contributed by atoms with van der Waals surface area (Å²) in [6, 6.07) is 13.7. The second-order valence-electron chi connectivity index (χ2n) is 10.1. The molecule has 0 aliphatic heterocycles. The number of likely N-dealkylation sites (N-methyl/N-ethyl adjacent to an activating group) is 1. The number of benzene rings is 2. The minimum Gasteiger partial charge on any atom is -0.497 e. The van der Waals surface area contributed by atoms with Crippen LogP contribution in [0.5, 0.6) is 5.75 Å². The largest absolute Gasteiger partial charge is 0.497 e. The van der Waals surface area contributed by atoms with E-state index in [1.165, 1.54) is 6.07 Å². The Hall–Kier alpha value is -2.49. The molecule has 0 unspecified atom stereocenters. The Bertz CT molecular complexity index is 1030. The summed E-state index contributed by atoms with van der Waals surface area (Å²) in [4.78, 5) is 2.28. The van der Waals surface area contributed by atoms with Gasteiger partial charge in [-0.2, -0.15) is 13.2 Å². The third-order valence-corrected chi connectivity index (χ3v) is 8.09. The Morgan fingerprint density at radius 1 is 1.03 bits per heavy atom. The number of nitrogens with zero attached hydrogens (tertiary/aromatic N) is 1. The SMILES string of the molecule is CCN(C/C=C/C#CC(C)(C)C)Cc1cccc(OC[Si](C)(C)c2ccccc2C(F)(F)F)c1. The average Bonchev–Trinajstić information content (AvgIpc) is 2.75. The van der Waals surface area contributed by atoms with Crippen molar-refractivity contribution < 1.29 is 17.9 Å². The van der Waals surface area contributed by atoms with Crippen LogP contribution in [0.2, 0.25) is 13.1 Å². The summed E-state index contributed by atoms with van der Waals surface area (Å²) in [5.41, 5.74) is 0.535. The van der Waals surface area contributed by atoms with Crippen molar-refractivity contribution in [2.75, 3.05) is 19.3 Å². The van der Waals surface area contributed by atoms with E-state index < -0.39 is 19.8 Å². The van der Waals surface area contributed by atoms with Crippen molar-refractivity contribution in [3.8, 4) is 17.6 Å². The first-order valence-corrected chi connectivity index (χ1v) is 14.8. The maximum Gasteiger partial charge on any atom is 0.416 e. The molecule has 0 amide bonds. The van der Waals surface area contributed by atoms with Crippen LogP contribution in [0.3, 0.4) is 0 Å². The molecule has 2 rings (SSSR count). The standard InChI is InChI=1S/C28H36F3NOSi/c1-7-32(19-12-8-11-18-27(2,3)4)21-23-14-13-15-24(20-23)33-22-34(5,6)26-17-10-9-16-25(26)28(29,30)31/h8-10,12-17,20H,7,19,21-22H2,1-6H3/b12-8+. The average molecular weight is 488 g/mol. The van der Waals surface area contributed by atoms with Gasteiger partial charge in [-0.15, -0.1) is 0 Å². The number of hydrogen-bond acceptors (Lipinski definition) is 2. The van der Waals surface area contributed by atoms with Crippen LogP contribution in [0.4, 0.5) is 13.2 Å². The van der Waals surface area contributed by atoms with Gasteiger partial charge in [0.1, 0.15) is 13.8 Å². The normalized spacial score (nSPS) is 12.6. The molecule has 0 radical (unpaired) electrons. The zero-order chi connectivity index (χ0) is 25.4. The Morgan fingerprint density at radius 3 is 2.38 bits per heavy atom. The zero-order valence-electron chi connectivity index (χ0n) is 21.1. The van der Waals surface area contributed by atoms with E-state index in [1.807, 2.05) is 43.4 Å². The van der Waals surface area contributed by atoms with Crippen LogP contribution in [-0.4, -0.2) is 32.3 Å². The Labute approximate surface area is 203 Å². The van der Waals surface area contributed by atoms with Crippen LogP contribution < -0.4 is 9.92 Å². The summed E-state index contributed by atoms with van der Waals surface area (Å²) in [5.74, 6) is 6.97. The van der Waals surface area contributed by atoms with Crippen LogP contribution in [0, 0.1) is 17.3 Å². The van der Waals surface area contributed by atoms with Gasteiger partial charge in [0.25, 0.3) is 0 Å². The van der Waals surface area contributed by atoms with Crippen LogP contribution in [0.25, 0.3) is 0 Å². The van der Waals surface area contributed by atoms with Gasteiger partial charge in [-0.05, 0) is 56.3 Å². The number of halogens is 3. The Kier molecular flexibility index (Phi) is 9.61. The van der Waals surface area contributed by atoms with Gasteiger partial charge in [0.15, 0.2) is 0 Å². The molecule has 6 heteroatoms. The summed E-state index contributed by atoms with van der Waals surface area (Å²) >= 11 is 0. The highest BCUT2D eigenvalue weighted by Crippen LogP contribution is 2.29. The molecule has 0 saturated heterocycles. The number of ether oxygens (including phenoxy) is 1. The molecule has 0 N–H and O–H groups in total. The highest BCUT2D eigenvalue weighted by Gasteiger charge is 2.38. The van der Waals surface area contributed by atoms with Crippen LogP contribution >= 0.6 is 0 Å². The smallest absolute Gasteiger partial charge is 0.416 e. The lowest BCUT2D eigenvalue weighted by Gasteiger charge is -2.26.